The second-order valence-electron chi connectivity index (χ2n) is 5.00. The van der Waals surface area contributed by atoms with E-state index in [0.29, 0.717) is 12.3 Å². The third-order valence-corrected chi connectivity index (χ3v) is 2.35. The number of allylic oxidation sites excluding steroid dienone is 4. The van der Waals surface area contributed by atoms with Crippen molar-refractivity contribution in [2.45, 2.75) is 6.42 Å². The van der Waals surface area contributed by atoms with E-state index < -0.39 is 0 Å². The molecule has 0 unspecified atom stereocenters. The molecule has 3 nitrogen and oxygen atoms in total. The fraction of sp³-hybridized carbons (Fsp3) is 0.583. The van der Waals surface area contributed by atoms with Gasteiger partial charge >= 0.3 is 0 Å². The van der Waals surface area contributed by atoms with Gasteiger partial charge in [-0.05, 0) is 0 Å². The van der Waals surface area contributed by atoms with Crippen LogP contribution in [0.15, 0.2) is 24.3 Å². The molecule has 1 N–H and O–H groups in total. The molecule has 0 aromatic carbocycles. The van der Waals surface area contributed by atoms with E-state index in [1.807, 2.05) is 12.2 Å². The highest BCUT2D eigenvalue weighted by Gasteiger charge is 2.11. The highest BCUT2D eigenvalue weighted by molar-refractivity contribution is 5.76. The lowest BCUT2D eigenvalue weighted by Crippen LogP contribution is -2.42. The van der Waals surface area contributed by atoms with Crippen molar-refractivity contribution >= 4 is 5.91 Å². The number of amides is 1. The van der Waals surface area contributed by atoms with Crippen LogP contribution in [0.1, 0.15) is 6.42 Å². The van der Waals surface area contributed by atoms with Gasteiger partial charge in [-0.1, -0.05) is 24.3 Å². The summed E-state index contributed by atoms with van der Waals surface area (Å²) in [6.45, 7) is 1.71. The first kappa shape index (κ1) is 12.0. The highest BCUT2D eigenvalue weighted by atomic mass is 16.1. The van der Waals surface area contributed by atoms with Crippen molar-refractivity contribution in [1.29, 1.82) is 0 Å². The van der Waals surface area contributed by atoms with Gasteiger partial charge in [0.15, 0.2) is 0 Å². The molecule has 3 heteroatoms. The Balaban J connectivity index is 2.14. The Hall–Kier alpha value is -1.09. The van der Waals surface area contributed by atoms with E-state index in [-0.39, 0.29) is 5.91 Å². The molecular weight excluding hydrogens is 188 g/mol. The smallest absolute Gasteiger partial charge is 0.221 e. The molecule has 0 aromatic rings. The van der Waals surface area contributed by atoms with E-state index in [4.69, 9.17) is 0 Å². The summed E-state index contributed by atoms with van der Waals surface area (Å²) in [6, 6.07) is 0. The summed E-state index contributed by atoms with van der Waals surface area (Å²) in [6.07, 6.45) is 8.66. The minimum Gasteiger partial charge on any atom is -0.350 e. The number of nitrogens with one attached hydrogen (secondary N) is 1. The third-order valence-electron chi connectivity index (χ3n) is 2.35. The van der Waals surface area contributed by atoms with Gasteiger partial charge in [0, 0.05) is 12.3 Å². The molecular formula is C12H21N2O+. The number of hydrogen-bond acceptors (Lipinski definition) is 1. The van der Waals surface area contributed by atoms with Gasteiger partial charge < -0.3 is 9.80 Å². The van der Waals surface area contributed by atoms with Gasteiger partial charge in [-0.15, -0.1) is 0 Å². The monoisotopic (exact) mass is 209 g/mol. The van der Waals surface area contributed by atoms with E-state index in [0.717, 1.165) is 17.6 Å². The maximum atomic E-state index is 11.5. The predicted octanol–water partition coefficient (Wildman–Crippen LogP) is 0.941. The quantitative estimate of drug-likeness (QED) is 0.671. The molecule has 0 radical (unpaired) electrons. The van der Waals surface area contributed by atoms with E-state index in [2.05, 4.69) is 38.6 Å². The first-order valence-corrected chi connectivity index (χ1v) is 5.39. The summed E-state index contributed by atoms with van der Waals surface area (Å²) in [4.78, 5) is 11.5. The number of likely N-dealkylation sites (N-methyl/N-ethyl adjacent to an activating group) is 1. The molecule has 0 aliphatic heterocycles. The first-order chi connectivity index (χ1) is 6.97. The van der Waals surface area contributed by atoms with E-state index in [1.54, 1.807) is 0 Å². The van der Waals surface area contributed by atoms with Crippen LogP contribution in [-0.4, -0.2) is 44.6 Å². The molecule has 1 rings (SSSR count). The minimum absolute atomic E-state index is 0.143. The highest BCUT2D eigenvalue weighted by Crippen LogP contribution is 2.12. The molecule has 15 heavy (non-hydrogen) atoms. The van der Waals surface area contributed by atoms with Crippen molar-refractivity contribution in [3.8, 4) is 0 Å². The lowest BCUT2D eigenvalue weighted by Gasteiger charge is -2.23. The van der Waals surface area contributed by atoms with E-state index >= 15 is 0 Å². The van der Waals surface area contributed by atoms with Crippen LogP contribution in [-0.2, 0) is 4.79 Å². The van der Waals surface area contributed by atoms with Crippen molar-refractivity contribution in [3.05, 3.63) is 24.3 Å². The van der Waals surface area contributed by atoms with Gasteiger partial charge in [0.05, 0.1) is 34.2 Å². The molecule has 0 aromatic heterocycles. The Labute approximate surface area is 92.0 Å². The fourth-order valence-electron chi connectivity index (χ4n) is 1.43. The van der Waals surface area contributed by atoms with Crippen LogP contribution in [0, 0.1) is 5.92 Å². The van der Waals surface area contributed by atoms with Crippen LogP contribution >= 0.6 is 0 Å². The molecule has 0 atom stereocenters. The number of quaternary nitrogens is 1. The lowest BCUT2D eigenvalue weighted by atomic mass is 10.1. The van der Waals surface area contributed by atoms with E-state index in [9.17, 15) is 4.79 Å². The molecule has 1 aliphatic rings. The number of nitrogens with zero attached hydrogens (tertiary/aromatic N) is 1. The summed E-state index contributed by atoms with van der Waals surface area (Å²) in [7, 11) is 6.36. The molecule has 84 valence electrons. The molecule has 1 amide bonds. The molecule has 0 bridgehead atoms. The molecule has 0 fully saturated rings. The van der Waals surface area contributed by atoms with Crippen molar-refractivity contribution < 1.29 is 9.28 Å². The second kappa shape index (κ2) is 5.12. The second-order valence-corrected chi connectivity index (χ2v) is 5.00. The predicted molar refractivity (Wildman–Crippen MR) is 62.3 cm³/mol. The summed E-state index contributed by atoms with van der Waals surface area (Å²) in [5, 5.41) is 2.94. The molecule has 0 saturated heterocycles. The average molecular weight is 209 g/mol. The topological polar surface area (TPSA) is 29.1 Å². The number of hydrogen-bond donors (Lipinski definition) is 1. The zero-order valence-corrected chi connectivity index (χ0v) is 9.86. The average Bonchev–Trinajstić information content (AvgIpc) is 2.54. The maximum absolute atomic E-state index is 11.5. The van der Waals surface area contributed by atoms with Gasteiger partial charge in [-0.25, -0.2) is 0 Å². The minimum atomic E-state index is 0.143. The summed E-state index contributed by atoms with van der Waals surface area (Å²) >= 11 is 0. The number of carbonyl (C=O) groups is 1. The molecule has 0 heterocycles. The van der Waals surface area contributed by atoms with Crippen LogP contribution in [0.2, 0.25) is 0 Å². The summed E-state index contributed by atoms with van der Waals surface area (Å²) < 4.78 is 0.878. The van der Waals surface area contributed by atoms with Crippen molar-refractivity contribution in [2.24, 2.45) is 5.92 Å². The Bertz CT molecular complexity index is 262. The molecule has 0 saturated carbocycles. The van der Waals surface area contributed by atoms with Crippen LogP contribution in [0.4, 0.5) is 0 Å². The Morgan fingerprint density at radius 1 is 1.27 bits per heavy atom. The summed E-state index contributed by atoms with van der Waals surface area (Å²) in [5.41, 5.74) is 0. The van der Waals surface area contributed by atoms with Crippen LogP contribution in [0.3, 0.4) is 0 Å². The Morgan fingerprint density at radius 3 is 2.40 bits per heavy atom. The first-order valence-electron chi connectivity index (χ1n) is 5.39. The van der Waals surface area contributed by atoms with Crippen molar-refractivity contribution in [1.82, 2.24) is 5.32 Å². The van der Waals surface area contributed by atoms with Crippen LogP contribution in [0.25, 0.3) is 0 Å². The number of rotatable bonds is 5. The van der Waals surface area contributed by atoms with Gasteiger partial charge in [0.25, 0.3) is 0 Å². The largest absolute Gasteiger partial charge is 0.350 e. The van der Waals surface area contributed by atoms with E-state index in [1.165, 1.54) is 0 Å². The van der Waals surface area contributed by atoms with Crippen molar-refractivity contribution in [3.63, 3.8) is 0 Å². The zero-order chi connectivity index (χ0) is 11.3. The SMILES string of the molecule is C[N+](C)(C)CCNC(=O)CC1C=CC=C1. The zero-order valence-electron chi connectivity index (χ0n) is 9.86. The van der Waals surface area contributed by atoms with Crippen molar-refractivity contribution in [2.75, 3.05) is 34.2 Å². The van der Waals surface area contributed by atoms with Gasteiger partial charge in [-0.3, -0.25) is 4.79 Å². The number of carbonyl (C=O) groups excluding carboxylic acids is 1. The standard InChI is InChI=1S/C12H20N2O/c1-14(2,3)9-8-13-12(15)10-11-6-4-5-7-11/h4-7,11H,8-10H2,1-3H3/p+1. The van der Waals surface area contributed by atoms with Gasteiger partial charge in [-0.2, -0.15) is 0 Å². The Morgan fingerprint density at radius 2 is 1.87 bits per heavy atom. The van der Waals surface area contributed by atoms with Gasteiger partial charge in [0.2, 0.25) is 5.91 Å². The molecule has 0 spiro atoms. The van der Waals surface area contributed by atoms with Crippen LogP contribution < -0.4 is 5.32 Å². The maximum Gasteiger partial charge on any atom is 0.221 e. The summed E-state index contributed by atoms with van der Waals surface area (Å²) in [5.74, 6) is 0.443. The Kier molecular flexibility index (Phi) is 4.09. The third kappa shape index (κ3) is 5.37. The lowest BCUT2D eigenvalue weighted by molar-refractivity contribution is -0.869. The normalized spacial score (nSPS) is 15.9. The van der Waals surface area contributed by atoms with Crippen LogP contribution in [0.5, 0.6) is 0 Å². The molecule has 1 aliphatic carbocycles. The fourth-order valence-corrected chi connectivity index (χ4v) is 1.43. The van der Waals surface area contributed by atoms with Gasteiger partial charge in [0.1, 0.15) is 0 Å².